The Morgan fingerprint density at radius 1 is 1.05 bits per heavy atom. The maximum Gasteiger partial charge on any atom is 0.200 e. The molecule has 0 atom stereocenters. The maximum absolute atomic E-state index is 12.0. The van der Waals surface area contributed by atoms with Crippen LogP contribution in [0.15, 0.2) is 48.5 Å². The highest BCUT2D eigenvalue weighted by Gasteiger charge is 2.06. The van der Waals surface area contributed by atoms with E-state index in [4.69, 9.17) is 4.74 Å². The molecule has 0 fully saturated rings. The molecule has 0 N–H and O–H groups in total. The molecule has 3 heteroatoms. The minimum atomic E-state index is 0.00135. The first-order valence-corrected chi connectivity index (χ1v) is 8.27. The molecular formula is C18H19IO2. The topological polar surface area (TPSA) is 26.3 Å². The fourth-order valence-electron chi connectivity index (χ4n) is 2.00. The van der Waals surface area contributed by atoms with Crippen molar-refractivity contribution in [1.82, 2.24) is 0 Å². The van der Waals surface area contributed by atoms with Gasteiger partial charge in [-0.1, -0.05) is 37.6 Å². The number of hydrogen-bond acceptors (Lipinski definition) is 2. The van der Waals surface area contributed by atoms with Gasteiger partial charge in [0.25, 0.3) is 0 Å². The van der Waals surface area contributed by atoms with Crippen LogP contribution in [-0.2, 0) is 6.42 Å². The Labute approximate surface area is 139 Å². The smallest absolute Gasteiger partial charge is 0.200 e. The van der Waals surface area contributed by atoms with Gasteiger partial charge in [0, 0.05) is 9.13 Å². The van der Waals surface area contributed by atoms with Gasteiger partial charge >= 0.3 is 0 Å². The summed E-state index contributed by atoms with van der Waals surface area (Å²) in [6, 6.07) is 15.5. The van der Waals surface area contributed by atoms with Crippen LogP contribution >= 0.6 is 22.6 Å². The molecule has 110 valence electrons. The van der Waals surface area contributed by atoms with Crippen LogP contribution in [0.5, 0.6) is 5.75 Å². The fourth-order valence-corrected chi connectivity index (χ4v) is 2.36. The van der Waals surface area contributed by atoms with E-state index < -0.39 is 0 Å². The van der Waals surface area contributed by atoms with Gasteiger partial charge in [-0.05, 0) is 65.3 Å². The second-order valence-corrected chi connectivity index (χ2v) is 6.21. The molecule has 0 aromatic heterocycles. The average molecular weight is 394 g/mol. The van der Waals surface area contributed by atoms with Crippen molar-refractivity contribution in [3.63, 3.8) is 0 Å². The molecule has 0 aliphatic carbocycles. The largest absolute Gasteiger partial charge is 0.485 e. The predicted octanol–water partition coefficient (Wildman–Crippen LogP) is 4.90. The number of ketones is 1. The predicted molar refractivity (Wildman–Crippen MR) is 94.0 cm³/mol. The molecule has 0 bridgehead atoms. The Kier molecular flexibility index (Phi) is 6.23. The minimum absolute atomic E-state index is 0.00135. The Bertz CT molecular complexity index is 573. The Morgan fingerprint density at radius 2 is 1.71 bits per heavy atom. The van der Waals surface area contributed by atoms with Crippen LogP contribution < -0.4 is 4.74 Å². The number of halogens is 1. The number of benzene rings is 2. The van der Waals surface area contributed by atoms with E-state index in [2.05, 4.69) is 41.6 Å². The molecule has 0 aliphatic heterocycles. The van der Waals surface area contributed by atoms with E-state index in [-0.39, 0.29) is 12.4 Å². The zero-order chi connectivity index (χ0) is 15.1. The maximum atomic E-state index is 12.0. The minimum Gasteiger partial charge on any atom is -0.485 e. The lowest BCUT2D eigenvalue weighted by Gasteiger charge is -2.07. The molecule has 2 aromatic rings. The molecule has 21 heavy (non-hydrogen) atoms. The van der Waals surface area contributed by atoms with Gasteiger partial charge in [0.05, 0.1) is 0 Å². The third-order valence-electron chi connectivity index (χ3n) is 3.28. The summed E-state index contributed by atoms with van der Waals surface area (Å²) in [5.74, 6) is 0.746. The number of carbonyl (C=O) groups is 1. The normalized spacial score (nSPS) is 10.4. The van der Waals surface area contributed by atoms with Gasteiger partial charge in [0.2, 0.25) is 0 Å². The van der Waals surface area contributed by atoms with Crippen molar-refractivity contribution in [2.45, 2.75) is 26.2 Å². The number of hydrogen-bond donors (Lipinski definition) is 0. The van der Waals surface area contributed by atoms with E-state index >= 15 is 0 Å². The highest BCUT2D eigenvalue weighted by molar-refractivity contribution is 14.1. The molecule has 0 aliphatic rings. The summed E-state index contributed by atoms with van der Waals surface area (Å²) in [4.78, 5) is 12.0. The summed E-state index contributed by atoms with van der Waals surface area (Å²) in [7, 11) is 0. The van der Waals surface area contributed by atoms with Crippen molar-refractivity contribution in [1.29, 1.82) is 0 Å². The molecule has 2 nitrogen and oxygen atoms in total. The molecule has 0 spiro atoms. The van der Waals surface area contributed by atoms with Crippen LogP contribution in [0, 0.1) is 3.57 Å². The summed E-state index contributed by atoms with van der Waals surface area (Å²) < 4.78 is 6.68. The molecule has 0 amide bonds. The average Bonchev–Trinajstić information content (AvgIpc) is 2.52. The van der Waals surface area contributed by atoms with E-state index in [1.807, 2.05) is 36.4 Å². The third kappa shape index (κ3) is 5.16. The quantitative estimate of drug-likeness (QED) is 0.494. The zero-order valence-electron chi connectivity index (χ0n) is 12.1. The number of Topliss-reactive ketones (excluding diaryl/α,β-unsaturated/α-hetero) is 1. The SMILES string of the molecule is CCCCc1ccc(OCC(=O)c2ccc(I)cc2)cc1. The van der Waals surface area contributed by atoms with Crippen LogP contribution in [0.4, 0.5) is 0 Å². The van der Waals surface area contributed by atoms with Crippen molar-refractivity contribution in [2.24, 2.45) is 0 Å². The van der Waals surface area contributed by atoms with Crippen molar-refractivity contribution in [3.05, 3.63) is 63.2 Å². The van der Waals surface area contributed by atoms with E-state index in [1.165, 1.54) is 18.4 Å². The second-order valence-electron chi connectivity index (χ2n) is 4.97. The van der Waals surface area contributed by atoms with Crippen LogP contribution in [0.3, 0.4) is 0 Å². The second kappa shape index (κ2) is 8.17. The van der Waals surface area contributed by atoms with E-state index in [1.54, 1.807) is 0 Å². The van der Waals surface area contributed by atoms with Crippen molar-refractivity contribution in [2.75, 3.05) is 6.61 Å². The summed E-state index contributed by atoms with van der Waals surface area (Å²) in [6.45, 7) is 2.27. The van der Waals surface area contributed by atoms with Gasteiger partial charge in [-0.3, -0.25) is 4.79 Å². The van der Waals surface area contributed by atoms with Crippen LogP contribution in [0.2, 0.25) is 0 Å². The number of unbranched alkanes of at least 4 members (excludes halogenated alkanes) is 1. The molecule has 2 rings (SSSR count). The molecular weight excluding hydrogens is 375 g/mol. The van der Waals surface area contributed by atoms with Gasteiger partial charge in [-0.15, -0.1) is 0 Å². The van der Waals surface area contributed by atoms with Gasteiger partial charge in [-0.2, -0.15) is 0 Å². The highest BCUT2D eigenvalue weighted by atomic mass is 127. The number of ether oxygens (including phenoxy) is 1. The molecule has 0 unspecified atom stereocenters. The van der Waals surface area contributed by atoms with Crippen LogP contribution in [0.25, 0.3) is 0 Å². The first-order valence-electron chi connectivity index (χ1n) is 7.19. The lowest BCUT2D eigenvalue weighted by atomic mass is 10.1. The molecule has 0 saturated carbocycles. The van der Waals surface area contributed by atoms with Gasteiger partial charge in [0.1, 0.15) is 5.75 Å². The molecule has 2 aromatic carbocycles. The number of carbonyl (C=O) groups excluding carboxylic acids is 1. The van der Waals surface area contributed by atoms with Gasteiger partial charge in [0.15, 0.2) is 12.4 Å². The van der Waals surface area contributed by atoms with E-state index in [0.29, 0.717) is 5.56 Å². The fraction of sp³-hybridized carbons (Fsp3) is 0.278. The standard InChI is InChI=1S/C18H19IO2/c1-2-3-4-14-5-11-17(12-6-14)21-13-18(20)15-7-9-16(19)10-8-15/h5-12H,2-4,13H2,1H3. The third-order valence-corrected chi connectivity index (χ3v) is 4.00. The molecule has 0 radical (unpaired) electrons. The summed E-state index contributed by atoms with van der Waals surface area (Å²) in [6.07, 6.45) is 3.49. The van der Waals surface area contributed by atoms with E-state index in [0.717, 1.165) is 15.7 Å². The Morgan fingerprint density at radius 3 is 2.33 bits per heavy atom. The van der Waals surface area contributed by atoms with Gasteiger partial charge in [-0.25, -0.2) is 0 Å². The molecule has 0 saturated heterocycles. The summed E-state index contributed by atoms with van der Waals surface area (Å²) in [5, 5.41) is 0. The lowest BCUT2D eigenvalue weighted by molar-refractivity contribution is 0.0921. The summed E-state index contributed by atoms with van der Waals surface area (Å²) >= 11 is 2.22. The highest BCUT2D eigenvalue weighted by Crippen LogP contribution is 2.15. The first-order chi connectivity index (χ1) is 10.2. The Balaban J connectivity index is 1.87. The monoisotopic (exact) mass is 394 g/mol. The molecule has 0 heterocycles. The van der Waals surface area contributed by atoms with E-state index in [9.17, 15) is 4.79 Å². The van der Waals surface area contributed by atoms with Crippen LogP contribution in [-0.4, -0.2) is 12.4 Å². The van der Waals surface area contributed by atoms with Crippen molar-refractivity contribution in [3.8, 4) is 5.75 Å². The van der Waals surface area contributed by atoms with Crippen molar-refractivity contribution >= 4 is 28.4 Å². The lowest BCUT2D eigenvalue weighted by Crippen LogP contribution is -2.11. The number of aryl methyl sites for hydroxylation is 1. The van der Waals surface area contributed by atoms with Crippen LogP contribution in [0.1, 0.15) is 35.7 Å². The number of rotatable bonds is 7. The summed E-state index contributed by atoms with van der Waals surface area (Å²) in [5.41, 5.74) is 2.00. The van der Waals surface area contributed by atoms with Gasteiger partial charge < -0.3 is 4.74 Å². The zero-order valence-corrected chi connectivity index (χ0v) is 14.3. The van der Waals surface area contributed by atoms with Crippen molar-refractivity contribution < 1.29 is 9.53 Å². The first kappa shape index (κ1) is 16.0. The Hall–Kier alpha value is -1.36.